The summed E-state index contributed by atoms with van der Waals surface area (Å²) in [6.07, 6.45) is 44.3. The van der Waals surface area contributed by atoms with Gasteiger partial charge >= 0.3 is 0 Å². The Hall–Kier alpha value is -3.09. The van der Waals surface area contributed by atoms with Gasteiger partial charge in [-0.2, -0.15) is 0 Å². The number of aliphatic hydroxyl groups excluding tert-OH is 8. The van der Waals surface area contributed by atoms with E-state index < -0.39 is 86.8 Å². The summed E-state index contributed by atoms with van der Waals surface area (Å²) < 4.78 is 22.7. The van der Waals surface area contributed by atoms with E-state index in [4.69, 9.17) is 18.9 Å². The van der Waals surface area contributed by atoms with Gasteiger partial charge in [0, 0.05) is 6.42 Å². The summed E-state index contributed by atoms with van der Waals surface area (Å²) in [5, 5.41) is 86.9. The number of rotatable bonds is 43. The van der Waals surface area contributed by atoms with Crippen molar-refractivity contribution in [3.8, 4) is 0 Å². The zero-order valence-electron chi connectivity index (χ0n) is 45.3. The second-order valence-electron chi connectivity index (χ2n) is 19.7. The molecule has 0 saturated carbocycles. The van der Waals surface area contributed by atoms with E-state index in [1.807, 2.05) is 0 Å². The van der Waals surface area contributed by atoms with E-state index in [-0.39, 0.29) is 18.9 Å². The van der Waals surface area contributed by atoms with Crippen molar-refractivity contribution >= 4 is 5.91 Å². The summed E-state index contributed by atoms with van der Waals surface area (Å²) in [5.41, 5.74) is 0. The maximum absolute atomic E-state index is 13.2. The lowest BCUT2D eigenvalue weighted by Crippen LogP contribution is -2.65. The Balaban J connectivity index is 1.68. The number of aliphatic hydroxyl groups is 8. The van der Waals surface area contributed by atoms with Crippen molar-refractivity contribution in [2.24, 2.45) is 0 Å². The molecule has 424 valence electrons. The van der Waals surface area contributed by atoms with Crippen molar-refractivity contribution in [1.82, 2.24) is 5.32 Å². The molecule has 9 N–H and O–H groups in total. The third-order valence-corrected chi connectivity index (χ3v) is 13.3. The van der Waals surface area contributed by atoms with Gasteiger partial charge in [-0.3, -0.25) is 4.79 Å². The minimum absolute atomic E-state index is 0.229. The van der Waals surface area contributed by atoms with E-state index >= 15 is 0 Å². The third-order valence-electron chi connectivity index (χ3n) is 13.3. The highest BCUT2D eigenvalue weighted by Crippen LogP contribution is 2.30. The molecule has 0 aromatic heterocycles. The Morgan fingerprint density at radius 2 is 0.932 bits per heavy atom. The van der Waals surface area contributed by atoms with Crippen molar-refractivity contribution < 1.29 is 64.6 Å². The Kier molecular flexibility index (Phi) is 40.7. The average Bonchev–Trinajstić information content (AvgIpc) is 3.40. The number of carbonyl (C=O) groups is 1. The molecule has 0 radical (unpaired) electrons. The van der Waals surface area contributed by atoms with E-state index in [2.05, 4.69) is 116 Å². The second-order valence-corrected chi connectivity index (χ2v) is 19.7. The van der Waals surface area contributed by atoms with Gasteiger partial charge in [0.05, 0.1) is 32.0 Å². The molecule has 0 aromatic rings. The van der Waals surface area contributed by atoms with Crippen LogP contribution in [-0.4, -0.2) is 140 Å². The van der Waals surface area contributed by atoms with Crippen LogP contribution in [0.1, 0.15) is 181 Å². The molecule has 2 aliphatic rings. The number of unbranched alkanes of at least 4 members (excludes halogenated alkanes) is 14. The normalized spacial score (nSPS) is 26.0. The number of allylic oxidation sites excluding steroid dienone is 16. The summed E-state index contributed by atoms with van der Waals surface area (Å²) in [6, 6.07) is -0.841. The minimum atomic E-state index is -1.79. The van der Waals surface area contributed by atoms with Crippen LogP contribution in [0.2, 0.25) is 0 Å². The van der Waals surface area contributed by atoms with Gasteiger partial charge in [-0.25, -0.2) is 0 Å². The number of carbonyl (C=O) groups excluding carboxylic acids is 1. The van der Waals surface area contributed by atoms with Crippen LogP contribution >= 0.6 is 0 Å². The largest absolute Gasteiger partial charge is 0.394 e. The predicted molar refractivity (Wildman–Crippen MR) is 295 cm³/mol. The number of hydrogen-bond donors (Lipinski definition) is 9. The van der Waals surface area contributed by atoms with Crippen LogP contribution in [0.3, 0.4) is 0 Å². The van der Waals surface area contributed by atoms with Crippen molar-refractivity contribution in [3.63, 3.8) is 0 Å². The summed E-state index contributed by atoms with van der Waals surface area (Å²) >= 11 is 0. The molecular weight excluding hydrogens is 943 g/mol. The SMILES string of the molecule is CC/C=C\C/C=C\C/C=C\C/C=C\C/C=C\C/C=C\C/C=C\C/C=C\CCCCCCCCC(=O)NC(COC1OC(CO)C(OC2OC(CO)C(O)C(O)C2O)C(O)C1O)C(O)CCCCCCCCCCC. The fourth-order valence-electron chi connectivity index (χ4n) is 8.72. The highest BCUT2D eigenvalue weighted by molar-refractivity contribution is 5.76. The van der Waals surface area contributed by atoms with Crippen LogP contribution in [0.4, 0.5) is 0 Å². The minimum Gasteiger partial charge on any atom is -0.394 e. The average molecular weight is 1040 g/mol. The van der Waals surface area contributed by atoms with Gasteiger partial charge in [-0.05, 0) is 77.0 Å². The number of nitrogens with one attached hydrogen (secondary N) is 1. The molecule has 74 heavy (non-hydrogen) atoms. The maximum atomic E-state index is 13.2. The molecule has 0 aliphatic carbocycles. The zero-order chi connectivity index (χ0) is 53.9. The van der Waals surface area contributed by atoms with Crippen molar-refractivity contribution in [3.05, 3.63) is 97.2 Å². The third kappa shape index (κ3) is 30.6. The van der Waals surface area contributed by atoms with Gasteiger partial charge < -0.3 is 65.1 Å². The summed E-state index contributed by atoms with van der Waals surface area (Å²) in [5.74, 6) is -0.229. The molecule has 2 aliphatic heterocycles. The first kappa shape index (κ1) is 67.0. The molecule has 1 amide bonds. The quantitative estimate of drug-likeness (QED) is 0.0205. The van der Waals surface area contributed by atoms with E-state index in [1.165, 1.54) is 32.1 Å². The number of amides is 1. The Bertz CT molecular complexity index is 1610. The topological polar surface area (TPSA) is 228 Å². The van der Waals surface area contributed by atoms with Crippen LogP contribution < -0.4 is 5.32 Å². The van der Waals surface area contributed by atoms with Gasteiger partial charge in [0.25, 0.3) is 0 Å². The lowest BCUT2D eigenvalue weighted by Gasteiger charge is -2.46. The predicted octanol–water partition coefficient (Wildman–Crippen LogP) is 9.10. The lowest BCUT2D eigenvalue weighted by molar-refractivity contribution is -0.359. The molecule has 12 atom stereocenters. The number of hydrogen-bond acceptors (Lipinski definition) is 13. The van der Waals surface area contributed by atoms with Crippen LogP contribution in [0.25, 0.3) is 0 Å². The number of ether oxygens (including phenoxy) is 4. The maximum Gasteiger partial charge on any atom is 0.220 e. The summed E-state index contributed by atoms with van der Waals surface area (Å²) in [6.45, 7) is 2.68. The Morgan fingerprint density at radius 1 is 0.500 bits per heavy atom. The van der Waals surface area contributed by atoms with E-state index in [0.29, 0.717) is 12.8 Å². The first-order chi connectivity index (χ1) is 36.1. The molecule has 14 heteroatoms. The van der Waals surface area contributed by atoms with Crippen molar-refractivity contribution in [2.45, 2.75) is 254 Å². The molecule has 2 heterocycles. The van der Waals surface area contributed by atoms with Crippen molar-refractivity contribution in [2.75, 3.05) is 19.8 Å². The van der Waals surface area contributed by atoms with E-state index in [0.717, 1.165) is 116 Å². The fraction of sp³-hybridized carbons (Fsp3) is 0.717. The summed E-state index contributed by atoms with van der Waals surface area (Å²) in [4.78, 5) is 13.2. The second kappa shape index (κ2) is 45.0. The monoisotopic (exact) mass is 1040 g/mol. The standard InChI is InChI=1S/C60H101NO13/c1-3-5-7-9-11-13-14-15-16-17-18-19-20-21-22-23-24-25-26-27-28-29-30-31-32-33-34-36-38-40-42-44-52(65)61-48(49(64)43-41-39-37-35-12-10-8-6-4-2)47-71-59-57(70)55(68)58(51(46-63)73-59)74-60-56(69)54(67)53(66)50(45-62)72-60/h5,7,11,13,15-16,18-19,21-22,24-25,27-28,30-31,48-51,53-60,62-64,66-70H,3-4,6,8-10,12,14,17,20,23,26,29,32-47H2,1-2H3,(H,61,65)/b7-5-,13-11-,16-15-,19-18-,22-21-,25-24-,28-27-,31-30-. The molecule has 2 rings (SSSR count). The van der Waals surface area contributed by atoms with Crippen LogP contribution in [0.5, 0.6) is 0 Å². The zero-order valence-corrected chi connectivity index (χ0v) is 45.3. The van der Waals surface area contributed by atoms with Crippen LogP contribution in [0, 0.1) is 0 Å². The van der Waals surface area contributed by atoms with Gasteiger partial charge in [-0.1, -0.05) is 195 Å². The van der Waals surface area contributed by atoms with Crippen LogP contribution in [0.15, 0.2) is 97.2 Å². The highest BCUT2D eigenvalue weighted by Gasteiger charge is 2.51. The highest BCUT2D eigenvalue weighted by atomic mass is 16.7. The summed E-state index contributed by atoms with van der Waals surface area (Å²) in [7, 11) is 0. The van der Waals surface area contributed by atoms with Gasteiger partial charge in [0.15, 0.2) is 12.6 Å². The molecule has 0 spiro atoms. The molecule has 12 unspecified atom stereocenters. The Morgan fingerprint density at radius 3 is 1.43 bits per heavy atom. The van der Waals surface area contributed by atoms with Crippen molar-refractivity contribution in [1.29, 1.82) is 0 Å². The van der Waals surface area contributed by atoms with Gasteiger partial charge in [0.1, 0.15) is 48.8 Å². The molecular formula is C60H101NO13. The van der Waals surface area contributed by atoms with Crippen LogP contribution in [-0.2, 0) is 23.7 Å². The van der Waals surface area contributed by atoms with E-state index in [9.17, 15) is 45.6 Å². The molecule has 2 fully saturated rings. The van der Waals surface area contributed by atoms with E-state index in [1.54, 1.807) is 0 Å². The first-order valence-electron chi connectivity index (χ1n) is 28.5. The lowest BCUT2D eigenvalue weighted by atomic mass is 9.97. The fourth-order valence-corrected chi connectivity index (χ4v) is 8.72. The molecule has 2 saturated heterocycles. The molecule has 0 aromatic carbocycles. The molecule has 0 bridgehead atoms. The Labute approximate surface area is 445 Å². The first-order valence-corrected chi connectivity index (χ1v) is 28.5. The molecule has 14 nitrogen and oxygen atoms in total. The smallest absolute Gasteiger partial charge is 0.220 e. The van der Waals surface area contributed by atoms with Gasteiger partial charge in [-0.15, -0.1) is 0 Å². The van der Waals surface area contributed by atoms with Gasteiger partial charge in [0.2, 0.25) is 5.91 Å².